The van der Waals surface area contributed by atoms with E-state index in [1.54, 1.807) is 4.68 Å². The van der Waals surface area contributed by atoms with Crippen molar-refractivity contribution in [2.45, 2.75) is 70.6 Å². The van der Waals surface area contributed by atoms with Crippen molar-refractivity contribution in [2.75, 3.05) is 12.3 Å². The molecule has 178 valence electrons. The van der Waals surface area contributed by atoms with E-state index < -0.39 is 14.0 Å². The highest BCUT2D eigenvalue weighted by atomic mass is 28.3. The molecule has 4 rings (SSSR count). The van der Waals surface area contributed by atoms with Gasteiger partial charge in [-0.1, -0.05) is 32.5 Å². The number of anilines is 1. The average molecular weight is 471 g/mol. The molecular formula is C23H34N6O3Si. The van der Waals surface area contributed by atoms with Gasteiger partial charge in [0.25, 0.3) is 0 Å². The molecule has 0 bridgehead atoms. The van der Waals surface area contributed by atoms with Crippen molar-refractivity contribution < 1.29 is 14.6 Å². The number of carbonyl (C=O) groups is 1. The zero-order chi connectivity index (χ0) is 23.6. The highest BCUT2D eigenvalue weighted by Gasteiger charge is 2.30. The van der Waals surface area contributed by atoms with E-state index in [1.807, 2.05) is 23.0 Å². The van der Waals surface area contributed by atoms with Crippen molar-refractivity contribution in [3.63, 3.8) is 0 Å². The number of rotatable bonds is 10. The summed E-state index contributed by atoms with van der Waals surface area (Å²) in [5.41, 5.74) is 8.49. The standard InChI is InChI=1S/C23H34N6O3Si/c1-33(2,3)11-10-32-15-28-9-8-17-21(25-14-26-23(17)28)18-13-29(27-22(18)24)19(12-20(30)31)16-6-4-5-7-16/h8-9,13-14,16,19H,4-7,10-12,15H2,1-3H3,(H2,24,27)(H,30,31). The van der Waals surface area contributed by atoms with Gasteiger partial charge in [0.05, 0.1) is 23.7 Å². The number of aliphatic carboxylic acids is 1. The van der Waals surface area contributed by atoms with Crippen molar-refractivity contribution in [3.05, 3.63) is 24.8 Å². The normalized spacial score (nSPS) is 16.0. The van der Waals surface area contributed by atoms with Gasteiger partial charge in [0.1, 0.15) is 18.7 Å². The highest BCUT2D eigenvalue weighted by molar-refractivity contribution is 6.76. The minimum absolute atomic E-state index is 0.0373. The minimum atomic E-state index is -1.14. The number of hydrogen-bond donors (Lipinski definition) is 2. The largest absolute Gasteiger partial charge is 0.481 e. The Hall–Kier alpha value is -2.72. The fourth-order valence-corrected chi connectivity index (χ4v) is 5.38. The molecule has 9 nitrogen and oxygen atoms in total. The maximum atomic E-state index is 11.5. The number of nitrogen functional groups attached to an aromatic ring is 1. The first-order valence-electron chi connectivity index (χ1n) is 11.7. The van der Waals surface area contributed by atoms with Crippen molar-refractivity contribution in [1.82, 2.24) is 24.3 Å². The van der Waals surface area contributed by atoms with Crippen LogP contribution in [0, 0.1) is 5.92 Å². The number of hydrogen-bond acceptors (Lipinski definition) is 6. The number of aromatic nitrogens is 5. The second-order valence-electron chi connectivity index (χ2n) is 10.2. The Morgan fingerprint density at radius 1 is 1.30 bits per heavy atom. The summed E-state index contributed by atoms with van der Waals surface area (Å²) in [6, 6.07) is 2.87. The molecule has 0 spiro atoms. The van der Waals surface area contributed by atoms with Crippen LogP contribution in [0.4, 0.5) is 5.82 Å². The van der Waals surface area contributed by atoms with Gasteiger partial charge in [-0.2, -0.15) is 5.10 Å². The lowest BCUT2D eigenvalue weighted by Crippen LogP contribution is -2.22. The molecule has 1 aliphatic carbocycles. The Balaban J connectivity index is 1.59. The molecule has 1 atom stereocenters. The van der Waals surface area contributed by atoms with Gasteiger partial charge >= 0.3 is 5.97 Å². The van der Waals surface area contributed by atoms with Gasteiger partial charge in [-0.3, -0.25) is 9.48 Å². The summed E-state index contributed by atoms with van der Waals surface area (Å²) in [5.74, 6) is -0.172. The minimum Gasteiger partial charge on any atom is -0.481 e. The maximum Gasteiger partial charge on any atom is 0.305 e. The summed E-state index contributed by atoms with van der Waals surface area (Å²) in [6.45, 7) is 8.17. The smallest absolute Gasteiger partial charge is 0.305 e. The third-order valence-electron chi connectivity index (χ3n) is 6.47. The van der Waals surface area contributed by atoms with Crippen LogP contribution in [0.25, 0.3) is 22.3 Å². The van der Waals surface area contributed by atoms with Crippen molar-refractivity contribution in [1.29, 1.82) is 0 Å². The number of nitrogens with zero attached hydrogens (tertiary/aromatic N) is 5. The lowest BCUT2D eigenvalue weighted by molar-refractivity contribution is -0.138. The van der Waals surface area contributed by atoms with Gasteiger partial charge in [-0.25, -0.2) is 9.97 Å². The first-order valence-corrected chi connectivity index (χ1v) is 15.4. The second-order valence-corrected chi connectivity index (χ2v) is 15.8. The Bertz CT molecular complexity index is 1110. The Morgan fingerprint density at radius 3 is 2.76 bits per heavy atom. The number of ether oxygens (including phenoxy) is 1. The summed E-state index contributed by atoms with van der Waals surface area (Å²) in [5, 5.41) is 14.9. The number of fused-ring (bicyclic) bond motifs is 1. The Kier molecular flexibility index (Phi) is 6.85. The first kappa shape index (κ1) is 23.4. The van der Waals surface area contributed by atoms with Crippen LogP contribution in [-0.2, 0) is 16.3 Å². The van der Waals surface area contributed by atoms with Crippen molar-refractivity contribution in [2.24, 2.45) is 5.92 Å². The third kappa shape index (κ3) is 5.44. The van der Waals surface area contributed by atoms with Gasteiger partial charge in [0.2, 0.25) is 0 Å². The van der Waals surface area contributed by atoms with Crippen LogP contribution in [-0.4, -0.2) is 50.1 Å². The molecule has 1 unspecified atom stereocenters. The third-order valence-corrected chi connectivity index (χ3v) is 8.17. The quantitative estimate of drug-likeness (QED) is 0.333. The van der Waals surface area contributed by atoms with Gasteiger partial charge < -0.3 is 20.1 Å². The van der Waals surface area contributed by atoms with E-state index in [9.17, 15) is 9.90 Å². The molecule has 1 aliphatic rings. The molecular weight excluding hydrogens is 436 g/mol. The molecule has 3 heterocycles. The number of carboxylic acids is 1. The molecule has 0 aliphatic heterocycles. The second kappa shape index (κ2) is 9.64. The predicted octanol–water partition coefficient (Wildman–Crippen LogP) is 4.40. The predicted molar refractivity (Wildman–Crippen MR) is 131 cm³/mol. The van der Waals surface area contributed by atoms with Gasteiger partial charge in [0.15, 0.2) is 5.82 Å². The molecule has 3 aromatic rings. The summed E-state index contributed by atoms with van der Waals surface area (Å²) in [4.78, 5) is 20.5. The van der Waals surface area contributed by atoms with E-state index in [0.29, 0.717) is 29.7 Å². The van der Waals surface area contributed by atoms with E-state index in [1.165, 1.54) is 6.33 Å². The van der Waals surface area contributed by atoms with Crippen LogP contribution in [0.15, 0.2) is 24.8 Å². The Morgan fingerprint density at radius 2 is 2.06 bits per heavy atom. The molecule has 0 aromatic carbocycles. The molecule has 1 fully saturated rings. The summed E-state index contributed by atoms with van der Waals surface area (Å²) >= 11 is 0. The lowest BCUT2D eigenvalue weighted by Gasteiger charge is -2.22. The van der Waals surface area contributed by atoms with Gasteiger partial charge in [-0.05, 0) is 30.9 Å². The fourth-order valence-electron chi connectivity index (χ4n) is 4.62. The molecule has 1 saturated carbocycles. The van der Waals surface area contributed by atoms with E-state index >= 15 is 0 Å². The van der Waals surface area contributed by atoms with E-state index in [0.717, 1.165) is 49.4 Å². The zero-order valence-corrected chi connectivity index (χ0v) is 20.7. The molecule has 3 aromatic heterocycles. The molecule has 3 N–H and O–H groups in total. The molecule has 33 heavy (non-hydrogen) atoms. The molecule has 0 amide bonds. The monoisotopic (exact) mass is 470 g/mol. The Labute approximate surface area is 195 Å². The van der Waals surface area contributed by atoms with Crippen LogP contribution < -0.4 is 5.73 Å². The zero-order valence-electron chi connectivity index (χ0n) is 19.7. The molecule has 10 heteroatoms. The van der Waals surface area contributed by atoms with Gasteiger partial charge in [0, 0.05) is 32.5 Å². The number of nitrogens with two attached hydrogens (primary N) is 1. The molecule has 0 radical (unpaired) electrons. The van der Waals surface area contributed by atoms with Crippen molar-refractivity contribution in [3.8, 4) is 11.3 Å². The fraction of sp³-hybridized carbons (Fsp3) is 0.565. The summed E-state index contributed by atoms with van der Waals surface area (Å²) in [7, 11) is -1.14. The van der Waals surface area contributed by atoms with E-state index in [4.69, 9.17) is 10.5 Å². The summed E-state index contributed by atoms with van der Waals surface area (Å²) in [6.07, 6.45) is 9.66. The van der Waals surface area contributed by atoms with Crippen LogP contribution in [0.5, 0.6) is 0 Å². The summed E-state index contributed by atoms with van der Waals surface area (Å²) < 4.78 is 9.62. The first-order chi connectivity index (χ1) is 15.7. The van der Waals surface area contributed by atoms with Crippen LogP contribution in [0.3, 0.4) is 0 Å². The van der Waals surface area contributed by atoms with Crippen LogP contribution in [0.1, 0.15) is 38.1 Å². The number of carboxylic acid groups (broad SMARTS) is 1. The van der Waals surface area contributed by atoms with Gasteiger partial charge in [-0.15, -0.1) is 0 Å². The lowest BCUT2D eigenvalue weighted by atomic mass is 9.95. The molecule has 0 saturated heterocycles. The van der Waals surface area contributed by atoms with E-state index in [-0.39, 0.29) is 12.5 Å². The SMILES string of the molecule is C[Si](C)(C)CCOCn1ccc2c(-c3cn(C(CC(=O)O)C4CCCC4)nc3N)ncnc21. The van der Waals surface area contributed by atoms with Crippen molar-refractivity contribution >= 4 is 30.9 Å². The average Bonchev–Trinajstić information content (AvgIpc) is 3.49. The highest BCUT2D eigenvalue weighted by Crippen LogP contribution is 2.38. The maximum absolute atomic E-state index is 11.5. The van der Waals surface area contributed by atoms with E-state index in [2.05, 4.69) is 34.7 Å². The van der Waals surface area contributed by atoms with Crippen LogP contribution >= 0.6 is 0 Å². The van der Waals surface area contributed by atoms with Crippen LogP contribution in [0.2, 0.25) is 25.7 Å². The topological polar surface area (TPSA) is 121 Å².